The van der Waals surface area contributed by atoms with E-state index in [4.69, 9.17) is 14.5 Å². The molecule has 1 amide bonds. The minimum atomic E-state index is -0.0321. The first-order chi connectivity index (χ1) is 13.0. The summed E-state index contributed by atoms with van der Waals surface area (Å²) < 4.78 is 11.9. The van der Waals surface area contributed by atoms with Crippen molar-refractivity contribution in [2.24, 2.45) is 0 Å². The lowest BCUT2D eigenvalue weighted by molar-refractivity contribution is -0.856. The standard InChI is InChI=1S/C20H21N3O3S/c1-13-4-6-14(7-5-13)19(24)23(9-8-22(2)3)20-21-15-10-16-17(26-12-25-16)11-18(15)27-20/h4-7,10-11H,8-9,12H2,1-3H3/p+1. The first kappa shape index (κ1) is 17.8. The number of carbonyl (C=O) groups excluding carboxylic acids is 1. The van der Waals surface area contributed by atoms with Crippen LogP contribution in [0, 0.1) is 6.92 Å². The number of nitrogens with zero attached hydrogens (tertiary/aromatic N) is 2. The Bertz CT molecular complexity index is 941. The van der Waals surface area contributed by atoms with Gasteiger partial charge in [0.05, 0.1) is 37.4 Å². The van der Waals surface area contributed by atoms with Crippen LogP contribution >= 0.6 is 11.3 Å². The SMILES string of the molecule is Cc1ccc(C(=O)N(CC[NH+](C)C)c2nc3cc4c(cc3s2)OCO4)cc1. The lowest BCUT2D eigenvalue weighted by Gasteiger charge is -2.20. The fourth-order valence-electron chi connectivity index (χ4n) is 2.89. The maximum absolute atomic E-state index is 13.2. The summed E-state index contributed by atoms with van der Waals surface area (Å²) in [6.07, 6.45) is 0. The average molecular weight is 384 g/mol. The summed E-state index contributed by atoms with van der Waals surface area (Å²) >= 11 is 1.50. The molecule has 0 radical (unpaired) electrons. The molecule has 0 saturated carbocycles. The second kappa shape index (κ2) is 7.17. The molecule has 2 aromatic carbocycles. The molecule has 6 nitrogen and oxygen atoms in total. The number of aryl methyl sites for hydroxylation is 1. The molecule has 0 bridgehead atoms. The van der Waals surface area contributed by atoms with E-state index in [0.717, 1.165) is 28.1 Å². The Hall–Kier alpha value is -2.64. The second-order valence-corrected chi connectivity index (χ2v) is 7.96. The van der Waals surface area contributed by atoms with Crippen molar-refractivity contribution in [2.75, 3.05) is 38.9 Å². The van der Waals surface area contributed by atoms with Crippen LogP contribution in [0.15, 0.2) is 36.4 Å². The van der Waals surface area contributed by atoms with Crippen LogP contribution in [0.1, 0.15) is 15.9 Å². The van der Waals surface area contributed by atoms with E-state index in [9.17, 15) is 4.79 Å². The Kier molecular flexibility index (Phi) is 4.72. The van der Waals surface area contributed by atoms with Crippen LogP contribution in [0.3, 0.4) is 0 Å². The zero-order valence-corrected chi connectivity index (χ0v) is 16.4. The molecule has 1 aliphatic heterocycles. The molecule has 0 unspecified atom stereocenters. The molecule has 7 heteroatoms. The zero-order valence-electron chi connectivity index (χ0n) is 15.6. The van der Waals surface area contributed by atoms with Crippen LogP contribution in [0.5, 0.6) is 11.5 Å². The van der Waals surface area contributed by atoms with Crippen LogP contribution < -0.4 is 19.3 Å². The Morgan fingerprint density at radius 1 is 1.19 bits per heavy atom. The van der Waals surface area contributed by atoms with E-state index in [0.29, 0.717) is 23.0 Å². The maximum atomic E-state index is 13.2. The molecule has 1 aliphatic rings. The Morgan fingerprint density at radius 2 is 1.89 bits per heavy atom. The minimum Gasteiger partial charge on any atom is -0.454 e. The Morgan fingerprint density at radius 3 is 2.59 bits per heavy atom. The number of amides is 1. The van der Waals surface area contributed by atoms with E-state index in [1.54, 1.807) is 4.90 Å². The summed E-state index contributed by atoms with van der Waals surface area (Å²) in [6, 6.07) is 11.5. The number of fused-ring (bicyclic) bond motifs is 2. The van der Waals surface area contributed by atoms with Crippen LogP contribution in [0.25, 0.3) is 10.2 Å². The number of carbonyl (C=O) groups is 1. The van der Waals surface area contributed by atoms with Gasteiger partial charge in [0.25, 0.3) is 5.91 Å². The van der Waals surface area contributed by atoms with E-state index in [-0.39, 0.29) is 12.7 Å². The van der Waals surface area contributed by atoms with Gasteiger partial charge >= 0.3 is 0 Å². The number of nitrogens with one attached hydrogen (secondary N) is 1. The molecule has 0 fully saturated rings. The van der Waals surface area contributed by atoms with E-state index in [1.807, 2.05) is 43.3 Å². The van der Waals surface area contributed by atoms with Gasteiger partial charge in [-0.25, -0.2) is 4.98 Å². The molecular formula is C20H22N3O3S+. The van der Waals surface area contributed by atoms with Crippen LogP contribution in [-0.4, -0.2) is 44.9 Å². The van der Waals surface area contributed by atoms with Gasteiger partial charge in [0.15, 0.2) is 16.6 Å². The molecule has 140 valence electrons. The lowest BCUT2D eigenvalue weighted by Crippen LogP contribution is -3.06. The fourth-order valence-corrected chi connectivity index (χ4v) is 3.89. The molecule has 0 aliphatic carbocycles. The molecule has 0 spiro atoms. The highest BCUT2D eigenvalue weighted by atomic mass is 32.1. The third-order valence-electron chi connectivity index (χ3n) is 4.48. The summed E-state index contributed by atoms with van der Waals surface area (Å²) in [5.41, 5.74) is 2.62. The first-order valence-corrected chi connectivity index (χ1v) is 9.70. The van der Waals surface area contributed by atoms with Crippen molar-refractivity contribution in [3.05, 3.63) is 47.5 Å². The highest BCUT2D eigenvalue weighted by Crippen LogP contribution is 2.39. The monoisotopic (exact) mass is 384 g/mol. The number of rotatable bonds is 5. The predicted molar refractivity (Wildman–Crippen MR) is 106 cm³/mol. The maximum Gasteiger partial charge on any atom is 0.260 e. The number of thiazole rings is 1. The Balaban J connectivity index is 1.70. The number of ether oxygens (including phenoxy) is 2. The third kappa shape index (κ3) is 3.61. The van der Waals surface area contributed by atoms with E-state index in [1.165, 1.54) is 16.2 Å². The summed E-state index contributed by atoms with van der Waals surface area (Å²) in [4.78, 5) is 20.9. The normalized spacial score (nSPS) is 12.7. The first-order valence-electron chi connectivity index (χ1n) is 8.89. The quantitative estimate of drug-likeness (QED) is 0.732. The molecule has 27 heavy (non-hydrogen) atoms. The van der Waals surface area contributed by atoms with Crippen molar-refractivity contribution in [1.82, 2.24) is 4.98 Å². The number of benzene rings is 2. The van der Waals surface area contributed by atoms with Gasteiger partial charge in [0, 0.05) is 17.7 Å². The number of aromatic nitrogens is 1. The predicted octanol–water partition coefficient (Wildman–Crippen LogP) is 2.12. The molecule has 0 atom stereocenters. The van der Waals surface area contributed by atoms with Crippen molar-refractivity contribution < 1.29 is 19.2 Å². The second-order valence-electron chi connectivity index (χ2n) is 6.95. The minimum absolute atomic E-state index is 0.0321. The highest BCUT2D eigenvalue weighted by molar-refractivity contribution is 7.22. The number of anilines is 1. The summed E-state index contributed by atoms with van der Waals surface area (Å²) in [5.74, 6) is 1.40. The number of quaternary nitrogens is 1. The average Bonchev–Trinajstić information content (AvgIpc) is 3.25. The van der Waals surface area contributed by atoms with Crippen molar-refractivity contribution in [3.63, 3.8) is 0 Å². The van der Waals surface area contributed by atoms with E-state index >= 15 is 0 Å². The lowest BCUT2D eigenvalue weighted by atomic mass is 10.1. The van der Waals surface area contributed by atoms with Gasteiger partial charge in [-0.15, -0.1) is 0 Å². The van der Waals surface area contributed by atoms with E-state index in [2.05, 4.69) is 14.1 Å². The van der Waals surface area contributed by atoms with Crippen molar-refractivity contribution >= 4 is 32.6 Å². The number of hydrogen-bond donors (Lipinski definition) is 1. The molecular weight excluding hydrogens is 362 g/mol. The largest absolute Gasteiger partial charge is 0.454 e. The summed E-state index contributed by atoms with van der Waals surface area (Å²) in [7, 11) is 4.15. The van der Waals surface area contributed by atoms with Crippen LogP contribution in [-0.2, 0) is 0 Å². The van der Waals surface area contributed by atoms with Crippen LogP contribution in [0.2, 0.25) is 0 Å². The van der Waals surface area contributed by atoms with Crippen molar-refractivity contribution in [1.29, 1.82) is 0 Å². The summed E-state index contributed by atoms with van der Waals surface area (Å²) in [6.45, 7) is 3.68. The number of hydrogen-bond acceptors (Lipinski definition) is 5. The highest BCUT2D eigenvalue weighted by Gasteiger charge is 2.24. The van der Waals surface area contributed by atoms with Gasteiger partial charge in [-0.3, -0.25) is 9.69 Å². The van der Waals surface area contributed by atoms with Gasteiger partial charge in [0.1, 0.15) is 0 Å². The van der Waals surface area contributed by atoms with Gasteiger partial charge in [-0.2, -0.15) is 0 Å². The van der Waals surface area contributed by atoms with Gasteiger partial charge in [0.2, 0.25) is 6.79 Å². The summed E-state index contributed by atoms with van der Waals surface area (Å²) in [5, 5.41) is 0.695. The van der Waals surface area contributed by atoms with Crippen molar-refractivity contribution in [3.8, 4) is 11.5 Å². The molecule has 4 rings (SSSR count). The smallest absolute Gasteiger partial charge is 0.260 e. The number of likely N-dealkylation sites (N-methyl/N-ethyl adjacent to an activating group) is 1. The van der Waals surface area contributed by atoms with Gasteiger partial charge in [-0.05, 0) is 19.1 Å². The van der Waals surface area contributed by atoms with Crippen LogP contribution in [0.4, 0.5) is 5.13 Å². The molecule has 0 saturated heterocycles. The van der Waals surface area contributed by atoms with Gasteiger partial charge in [-0.1, -0.05) is 29.0 Å². The molecule has 1 aromatic heterocycles. The van der Waals surface area contributed by atoms with E-state index < -0.39 is 0 Å². The topological polar surface area (TPSA) is 56.1 Å². The zero-order chi connectivity index (χ0) is 19.0. The van der Waals surface area contributed by atoms with Gasteiger partial charge < -0.3 is 14.4 Å². The molecule has 2 heterocycles. The fraction of sp³-hybridized carbons (Fsp3) is 0.300. The van der Waals surface area contributed by atoms with Crippen molar-refractivity contribution in [2.45, 2.75) is 6.92 Å². The Labute approximate surface area is 161 Å². The molecule has 3 aromatic rings. The molecule has 1 N–H and O–H groups in total. The third-order valence-corrected chi connectivity index (χ3v) is 5.52.